The number of para-hydroxylation sites is 1. The first kappa shape index (κ1) is 20.7. The van der Waals surface area contributed by atoms with Crippen molar-refractivity contribution in [3.05, 3.63) is 84.9 Å². The number of hydrogen-bond acceptors (Lipinski definition) is 6. The van der Waals surface area contributed by atoms with E-state index >= 15 is 0 Å². The molecule has 0 saturated heterocycles. The second-order valence-electron chi connectivity index (χ2n) is 7.17. The van der Waals surface area contributed by atoms with Crippen LogP contribution in [0.3, 0.4) is 0 Å². The summed E-state index contributed by atoms with van der Waals surface area (Å²) in [4.78, 5) is 20.8. The number of rotatable bonds is 5. The van der Waals surface area contributed by atoms with Gasteiger partial charge in [-0.15, -0.1) is 22.0 Å². The first-order valence-corrected chi connectivity index (χ1v) is 12.3. The molecule has 3 aromatic carbocycles. The molecule has 4 aromatic rings. The molecule has 0 radical (unpaired) electrons. The van der Waals surface area contributed by atoms with Crippen molar-refractivity contribution < 1.29 is 4.79 Å². The number of amides is 1. The molecular weight excluding hydrogens is 436 g/mol. The Kier molecular flexibility index (Phi) is 6.18. The Morgan fingerprint density at radius 3 is 2.25 bits per heavy atom. The van der Waals surface area contributed by atoms with Crippen molar-refractivity contribution in [1.82, 2.24) is 15.2 Å². The lowest BCUT2D eigenvalue weighted by molar-refractivity contribution is -0.116. The Morgan fingerprint density at radius 2 is 1.50 bits per heavy atom. The van der Waals surface area contributed by atoms with Crippen molar-refractivity contribution >= 4 is 35.1 Å². The minimum atomic E-state index is 0.0553. The van der Waals surface area contributed by atoms with Gasteiger partial charge in [-0.05, 0) is 12.1 Å². The summed E-state index contributed by atoms with van der Waals surface area (Å²) in [5.74, 6) is 1.22. The molecule has 0 fully saturated rings. The van der Waals surface area contributed by atoms with Gasteiger partial charge in [0.1, 0.15) is 11.4 Å². The molecule has 1 aliphatic rings. The highest BCUT2D eigenvalue weighted by molar-refractivity contribution is 8.00. The second-order valence-corrected chi connectivity index (χ2v) is 9.25. The molecule has 0 bridgehead atoms. The lowest BCUT2D eigenvalue weighted by atomic mass is 10.0. The first-order chi connectivity index (χ1) is 15.8. The van der Waals surface area contributed by atoms with Crippen LogP contribution in [0.5, 0.6) is 0 Å². The molecule has 1 aromatic heterocycles. The molecule has 1 aliphatic heterocycles. The zero-order valence-electron chi connectivity index (χ0n) is 17.2. The number of fused-ring (bicyclic) bond motifs is 1. The minimum Gasteiger partial charge on any atom is -0.310 e. The van der Waals surface area contributed by atoms with E-state index in [0.717, 1.165) is 38.9 Å². The van der Waals surface area contributed by atoms with Crippen LogP contribution >= 0.6 is 23.5 Å². The second kappa shape index (κ2) is 9.54. The number of carbonyl (C=O) groups is 1. The zero-order chi connectivity index (χ0) is 21.8. The van der Waals surface area contributed by atoms with E-state index in [1.54, 1.807) is 11.8 Å². The smallest absolute Gasteiger partial charge is 0.237 e. The predicted octanol–water partition coefficient (Wildman–Crippen LogP) is 5.44. The molecule has 0 N–H and O–H groups in total. The van der Waals surface area contributed by atoms with Gasteiger partial charge in [-0.1, -0.05) is 84.6 Å². The van der Waals surface area contributed by atoms with E-state index in [1.807, 2.05) is 83.8 Å². The van der Waals surface area contributed by atoms with Gasteiger partial charge in [0.25, 0.3) is 0 Å². The molecule has 0 atom stereocenters. The Balaban J connectivity index is 1.40. The number of benzene rings is 3. The summed E-state index contributed by atoms with van der Waals surface area (Å²) in [6.45, 7) is 0.711. The maximum atomic E-state index is 13.0. The van der Waals surface area contributed by atoms with Crippen molar-refractivity contribution in [2.24, 2.45) is 0 Å². The largest absolute Gasteiger partial charge is 0.310 e. The van der Waals surface area contributed by atoms with E-state index in [4.69, 9.17) is 4.98 Å². The number of hydrogen-bond donors (Lipinski definition) is 0. The van der Waals surface area contributed by atoms with Crippen molar-refractivity contribution in [3.8, 4) is 22.5 Å². The maximum absolute atomic E-state index is 13.0. The lowest BCUT2D eigenvalue weighted by Gasteiger charge is -2.28. The third-order valence-corrected chi connectivity index (χ3v) is 6.98. The summed E-state index contributed by atoms with van der Waals surface area (Å²) in [5, 5.41) is 9.32. The van der Waals surface area contributed by atoms with Gasteiger partial charge in [0.2, 0.25) is 11.1 Å². The summed E-state index contributed by atoms with van der Waals surface area (Å²) >= 11 is 3.11. The Labute approximate surface area is 195 Å². The monoisotopic (exact) mass is 456 g/mol. The molecule has 0 aliphatic carbocycles. The summed E-state index contributed by atoms with van der Waals surface area (Å²) in [6.07, 6.45) is 0. The number of thioether (sulfide) groups is 2. The molecule has 2 heterocycles. The SMILES string of the molecule is O=C(CSc1nnc(-c2ccccc2)c(-c2ccccc2)n1)N1CCSc2ccccc21. The molecule has 0 unspecified atom stereocenters. The average molecular weight is 457 g/mol. The van der Waals surface area contributed by atoms with Crippen LogP contribution in [0.4, 0.5) is 5.69 Å². The molecular formula is C25H20N4OS2. The van der Waals surface area contributed by atoms with Crippen LogP contribution in [0.1, 0.15) is 0 Å². The van der Waals surface area contributed by atoms with Crippen LogP contribution in [0.2, 0.25) is 0 Å². The topological polar surface area (TPSA) is 59.0 Å². The molecule has 32 heavy (non-hydrogen) atoms. The van der Waals surface area contributed by atoms with Gasteiger partial charge in [-0.25, -0.2) is 4.98 Å². The Hall–Kier alpha value is -3.16. The summed E-state index contributed by atoms with van der Waals surface area (Å²) in [5.41, 5.74) is 4.41. The van der Waals surface area contributed by atoms with E-state index in [1.165, 1.54) is 11.8 Å². The normalized spacial score (nSPS) is 12.9. The number of nitrogens with zero attached hydrogens (tertiary/aromatic N) is 4. The van der Waals surface area contributed by atoms with Crippen LogP contribution in [0, 0.1) is 0 Å². The summed E-state index contributed by atoms with van der Waals surface area (Å²) < 4.78 is 0. The first-order valence-electron chi connectivity index (χ1n) is 10.3. The van der Waals surface area contributed by atoms with Crippen LogP contribution in [0.15, 0.2) is 95.0 Å². The third kappa shape index (κ3) is 4.40. The Bertz CT molecular complexity index is 1240. The molecule has 0 spiro atoms. The maximum Gasteiger partial charge on any atom is 0.237 e. The van der Waals surface area contributed by atoms with Gasteiger partial charge < -0.3 is 4.90 Å². The van der Waals surface area contributed by atoms with Crippen molar-refractivity contribution in [1.29, 1.82) is 0 Å². The predicted molar refractivity (Wildman–Crippen MR) is 131 cm³/mol. The molecule has 1 amide bonds. The fourth-order valence-corrected chi connectivity index (χ4v) is 5.25. The van der Waals surface area contributed by atoms with Gasteiger partial charge >= 0.3 is 0 Å². The third-order valence-electron chi connectivity index (χ3n) is 5.12. The Morgan fingerprint density at radius 1 is 0.844 bits per heavy atom. The van der Waals surface area contributed by atoms with Crippen LogP contribution in [-0.4, -0.2) is 39.1 Å². The van der Waals surface area contributed by atoms with Gasteiger partial charge in [0.05, 0.1) is 11.4 Å². The molecule has 0 saturated carbocycles. The number of anilines is 1. The summed E-state index contributed by atoms with van der Waals surface area (Å²) in [7, 11) is 0. The highest BCUT2D eigenvalue weighted by Crippen LogP contribution is 2.35. The standard InChI is InChI=1S/C25H20N4OS2/c30-22(29-15-16-31-21-14-8-7-13-20(21)29)17-32-25-26-23(18-9-3-1-4-10-18)24(27-28-25)19-11-5-2-6-12-19/h1-14H,15-17H2. The number of carbonyl (C=O) groups excluding carboxylic acids is 1. The number of aromatic nitrogens is 3. The minimum absolute atomic E-state index is 0.0553. The zero-order valence-corrected chi connectivity index (χ0v) is 18.9. The van der Waals surface area contributed by atoms with Crippen LogP contribution < -0.4 is 4.90 Å². The highest BCUT2D eigenvalue weighted by atomic mass is 32.2. The van der Waals surface area contributed by atoms with Gasteiger partial charge in [-0.2, -0.15) is 0 Å². The van der Waals surface area contributed by atoms with E-state index in [-0.39, 0.29) is 11.7 Å². The van der Waals surface area contributed by atoms with E-state index in [2.05, 4.69) is 16.3 Å². The van der Waals surface area contributed by atoms with Crippen molar-refractivity contribution in [2.45, 2.75) is 10.1 Å². The van der Waals surface area contributed by atoms with Crippen LogP contribution in [-0.2, 0) is 4.79 Å². The van der Waals surface area contributed by atoms with E-state index in [0.29, 0.717) is 11.7 Å². The van der Waals surface area contributed by atoms with Gasteiger partial charge in [0.15, 0.2) is 0 Å². The van der Waals surface area contributed by atoms with Gasteiger partial charge in [-0.3, -0.25) is 4.79 Å². The highest BCUT2D eigenvalue weighted by Gasteiger charge is 2.23. The molecule has 158 valence electrons. The van der Waals surface area contributed by atoms with Gasteiger partial charge in [0, 0.05) is 28.3 Å². The molecule has 5 nitrogen and oxygen atoms in total. The van der Waals surface area contributed by atoms with Crippen molar-refractivity contribution in [2.75, 3.05) is 23.0 Å². The fourth-order valence-electron chi connectivity index (χ4n) is 3.59. The molecule has 5 rings (SSSR count). The quantitative estimate of drug-likeness (QED) is 0.373. The van der Waals surface area contributed by atoms with Crippen molar-refractivity contribution in [3.63, 3.8) is 0 Å². The molecule has 7 heteroatoms. The lowest BCUT2D eigenvalue weighted by Crippen LogP contribution is -2.36. The van der Waals surface area contributed by atoms with E-state index in [9.17, 15) is 4.79 Å². The fraction of sp³-hybridized carbons (Fsp3) is 0.120. The summed E-state index contributed by atoms with van der Waals surface area (Å²) in [6, 6.07) is 27.9. The van der Waals surface area contributed by atoms with Crippen LogP contribution in [0.25, 0.3) is 22.5 Å². The van der Waals surface area contributed by atoms with E-state index < -0.39 is 0 Å². The average Bonchev–Trinajstić information content (AvgIpc) is 2.88.